The molecule has 0 saturated heterocycles. The van der Waals surface area contributed by atoms with Crippen molar-refractivity contribution in [1.29, 1.82) is 0 Å². The van der Waals surface area contributed by atoms with E-state index in [2.05, 4.69) is 67.5 Å². The van der Waals surface area contributed by atoms with Crippen molar-refractivity contribution < 1.29 is 4.42 Å². The molecule has 1 aromatic heterocycles. The minimum Gasteiger partial charge on any atom is -0.460 e. The van der Waals surface area contributed by atoms with Crippen molar-refractivity contribution in [2.24, 2.45) is 17.8 Å². The monoisotopic (exact) mass is 463 g/mol. The van der Waals surface area contributed by atoms with Crippen LogP contribution in [0.5, 0.6) is 0 Å². The number of rotatable bonds is 4. The van der Waals surface area contributed by atoms with Gasteiger partial charge in [0.25, 0.3) is 0 Å². The van der Waals surface area contributed by atoms with Crippen LogP contribution in [0, 0.1) is 17.8 Å². The van der Waals surface area contributed by atoms with Gasteiger partial charge in [-0.1, -0.05) is 15.9 Å². The van der Waals surface area contributed by atoms with Crippen LogP contribution in [0.3, 0.4) is 0 Å². The third kappa shape index (κ3) is 3.15. The zero-order valence-electron chi connectivity index (χ0n) is 14.2. The van der Waals surface area contributed by atoms with Crippen molar-refractivity contribution in [2.45, 2.75) is 50.6 Å². The molecule has 0 amide bonds. The standard InChI is InChI=1S/C21H23Br2NO/c22-16-1-3-18(19(23)8-16)20-4-2-17(25-20)12-24-21-9-13-5-14(10-21)7-15(6-13)11-21/h1-4,8,13-15,24H,5-7,9-12H2. The van der Waals surface area contributed by atoms with Gasteiger partial charge in [-0.2, -0.15) is 0 Å². The molecule has 0 aliphatic heterocycles. The first kappa shape index (κ1) is 16.6. The lowest BCUT2D eigenvalue weighted by atomic mass is 9.53. The smallest absolute Gasteiger partial charge is 0.135 e. The Hall–Kier alpha value is -0.580. The van der Waals surface area contributed by atoms with Crippen molar-refractivity contribution in [2.75, 3.05) is 0 Å². The van der Waals surface area contributed by atoms with Gasteiger partial charge < -0.3 is 9.73 Å². The zero-order valence-corrected chi connectivity index (χ0v) is 17.4. The van der Waals surface area contributed by atoms with Crippen LogP contribution < -0.4 is 5.32 Å². The fraction of sp³-hybridized carbons (Fsp3) is 0.524. The average molecular weight is 465 g/mol. The summed E-state index contributed by atoms with van der Waals surface area (Å²) in [6.07, 6.45) is 8.61. The fourth-order valence-corrected chi connectivity index (χ4v) is 7.15. The molecule has 1 aromatic carbocycles. The second-order valence-corrected chi connectivity index (χ2v) is 10.2. The predicted molar refractivity (Wildman–Crippen MR) is 107 cm³/mol. The highest BCUT2D eigenvalue weighted by molar-refractivity contribution is 9.11. The van der Waals surface area contributed by atoms with Gasteiger partial charge in [0, 0.05) is 20.0 Å². The van der Waals surface area contributed by atoms with Crippen LogP contribution in [0.25, 0.3) is 11.3 Å². The summed E-state index contributed by atoms with van der Waals surface area (Å²) in [5, 5.41) is 3.92. The lowest BCUT2D eigenvalue weighted by Gasteiger charge is -2.57. The van der Waals surface area contributed by atoms with Gasteiger partial charge in [0.05, 0.1) is 6.54 Å². The summed E-state index contributed by atoms with van der Waals surface area (Å²) in [5.41, 5.74) is 1.49. The normalized spacial score (nSPS) is 33.1. The fourth-order valence-electron chi connectivity index (χ4n) is 5.91. The van der Waals surface area contributed by atoms with Crippen molar-refractivity contribution in [1.82, 2.24) is 5.32 Å². The summed E-state index contributed by atoms with van der Waals surface area (Å²) >= 11 is 7.14. The topological polar surface area (TPSA) is 25.2 Å². The molecule has 4 aliphatic carbocycles. The summed E-state index contributed by atoms with van der Waals surface area (Å²) < 4.78 is 8.27. The van der Waals surface area contributed by atoms with Gasteiger partial charge in [0.2, 0.25) is 0 Å². The molecule has 0 atom stereocenters. The molecule has 6 rings (SSSR count). The first-order valence-corrected chi connectivity index (χ1v) is 11.0. The van der Waals surface area contributed by atoms with E-state index in [1.54, 1.807) is 0 Å². The van der Waals surface area contributed by atoms with E-state index in [-0.39, 0.29) is 0 Å². The SMILES string of the molecule is Brc1ccc(-c2ccc(CNC34CC5CC(CC(C5)C3)C4)o2)c(Br)c1. The van der Waals surface area contributed by atoms with Gasteiger partial charge in [-0.25, -0.2) is 0 Å². The molecule has 4 bridgehead atoms. The Labute approximate surface area is 166 Å². The number of benzene rings is 1. The highest BCUT2D eigenvalue weighted by Gasteiger charge is 2.50. The molecule has 0 radical (unpaired) electrons. The number of hydrogen-bond donors (Lipinski definition) is 1. The Balaban J connectivity index is 1.30. The van der Waals surface area contributed by atoms with Crippen LogP contribution in [0.4, 0.5) is 0 Å². The number of halogens is 2. The molecule has 4 fully saturated rings. The van der Waals surface area contributed by atoms with E-state index >= 15 is 0 Å². The maximum atomic E-state index is 6.15. The molecule has 4 aliphatic rings. The molecule has 132 valence electrons. The Morgan fingerprint density at radius 2 is 1.64 bits per heavy atom. The van der Waals surface area contributed by atoms with Gasteiger partial charge in [-0.15, -0.1) is 0 Å². The van der Waals surface area contributed by atoms with E-state index in [0.717, 1.165) is 50.3 Å². The second kappa shape index (κ2) is 6.24. The predicted octanol–water partition coefficient (Wildman–Crippen LogP) is 6.53. The molecule has 4 heteroatoms. The molecule has 4 saturated carbocycles. The maximum Gasteiger partial charge on any atom is 0.135 e. The largest absolute Gasteiger partial charge is 0.460 e. The highest BCUT2D eigenvalue weighted by atomic mass is 79.9. The van der Waals surface area contributed by atoms with Crippen molar-refractivity contribution >= 4 is 31.9 Å². The Morgan fingerprint density at radius 3 is 2.28 bits per heavy atom. The summed E-state index contributed by atoms with van der Waals surface area (Å²) in [7, 11) is 0. The van der Waals surface area contributed by atoms with Crippen LogP contribution in [-0.4, -0.2) is 5.54 Å². The molecule has 1 heterocycles. The summed E-state index contributed by atoms with van der Waals surface area (Å²) in [4.78, 5) is 0. The Kier molecular flexibility index (Phi) is 4.14. The lowest BCUT2D eigenvalue weighted by Crippen LogP contribution is -2.58. The summed E-state index contributed by atoms with van der Waals surface area (Å²) in [6, 6.07) is 10.4. The van der Waals surface area contributed by atoms with Crippen LogP contribution in [-0.2, 0) is 6.54 Å². The van der Waals surface area contributed by atoms with Crippen LogP contribution in [0.2, 0.25) is 0 Å². The molecular weight excluding hydrogens is 442 g/mol. The lowest BCUT2D eigenvalue weighted by molar-refractivity contribution is -0.0213. The van der Waals surface area contributed by atoms with Crippen LogP contribution in [0.1, 0.15) is 44.3 Å². The van der Waals surface area contributed by atoms with Gasteiger partial charge in [0.1, 0.15) is 11.5 Å². The van der Waals surface area contributed by atoms with Gasteiger partial charge in [0.15, 0.2) is 0 Å². The third-order valence-electron chi connectivity index (χ3n) is 6.53. The molecule has 1 N–H and O–H groups in total. The van der Waals surface area contributed by atoms with E-state index < -0.39 is 0 Å². The van der Waals surface area contributed by atoms with Crippen LogP contribution >= 0.6 is 31.9 Å². The second-order valence-electron chi connectivity index (χ2n) is 8.44. The van der Waals surface area contributed by atoms with E-state index in [4.69, 9.17) is 4.42 Å². The quantitative estimate of drug-likeness (QED) is 0.556. The van der Waals surface area contributed by atoms with E-state index in [0.29, 0.717) is 5.54 Å². The van der Waals surface area contributed by atoms with Crippen molar-refractivity contribution in [3.63, 3.8) is 0 Å². The number of furan rings is 1. The first-order chi connectivity index (χ1) is 12.1. The van der Waals surface area contributed by atoms with Gasteiger partial charge in [-0.05, 0) is 103 Å². The Morgan fingerprint density at radius 1 is 0.960 bits per heavy atom. The Bertz CT molecular complexity index is 762. The van der Waals surface area contributed by atoms with E-state index in [9.17, 15) is 0 Å². The zero-order chi connectivity index (χ0) is 17.0. The molecule has 2 nitrogen and oxygen atoms in total. The third-order valence-corrected chi connectivity index (χ3v) is 7.68. The average Bonchev–Trinajstić information content (AvgIpc) is 3.00. The van der Waals surface area contributed by atoms with E-state index in [1.807, 2.05) is 0 Å². The molecule has 2 aromatic rings. The number of hydrogen-bond acceptors (Lipinski definition) is 2. The number of nitrogens with one attached hydrogen (secondary N) is 1. The minimum atomic E-state index is 0.389. The molecule has 0 spiro atoms. The molecule has 0 unspecified atom stereocenters. The van der Waals surface area contributed by atoms with Gasteiger partial charge >= 0.3 is 0 Å². The summed E-state index contributed by atoms with van der Waals surface area (Å²) in [5.74, 6) is 4.90. The van der Waals surface area contributed by atoms with Crippen molar-refractivity contribution in [3.05, 3.63) is 45.0 Å². The molecule has 25 heavy (non-hydrogen) atoms. The van der Waals surface area contributed by atoms with Crippen LogP contribution in [0.15, 0.2) is 43.7 Å². The van der Waals surface area contributed by atoms with Gasteiger partial charge in [-0.3, -0.25) is 0 Å². The highest BCUT2D eigenvalue weighted by Crippen LogP contribution is 2.55. The van der Waals surface area contributed by atoms with Crippen molar-refractivity contribution in [3.8, 4) is 11.3 Å². The maximum absolute atomic E-state index is 6.15. The molecular formula is C21H23Br2NO. The first-order valence-electron chi connectivity index (χ1n) is 9.38. The summed E-state index contributed by atoms with van der Waals surface area (Å²) in [6.45, 7) is 0.848. The van der Waals surface area contributed by atoms with E-state index in [1.165, 1.54) is 38.5 Å². The minimum absolute atomic E-state index is 0.389.